The first-order chi connectivity index (χ1) is 9.88. The first-order valence-corrected chi connectivity index (χ1v) is 7.98. The van der Waals surface area contributed by atoms with Gasteiger partial charge in [-0.2, -0.15) is 13.5 Å². The van der Waals surface area contributed by atoms with Crippen molar-refractivity contribution in [3.05, 3.63) is 52.5 Å². The van der Waals surface area contributed by atoms with Crippen LogP contribution in [0.4, 0.5) is 0 Å². The van der Waals surface area contributed by atoms with Gasteiger partial charge in [0.2, 0.25) is 0 Å². The molecule has 0 saturated carbocycles. The zero-order valence-corrected chi connectivity index (χ0v) is 13.0. The van der Waals surface area contributed by atoms with Crippen molar-refractivity contribution in [3.63, 3.8) is 0 Å². The van der Waals surface area contributed by atoms with E-state index in [-0.39, 0.29) is 16.4 Å². The number of halogens is 1. The molecule has 0 aromatic heterocycles. The largest absolute Gasteiger partial charge is 0.504 e. The van der Waals surface area contributed by atoms with Gasteiger partial charge in [0.15, 0.2) is 11.5 Å². The fourth-order valence-electron chi connectivity index (χ4n) is 1.46. The van der Waals surface area contributed by atoms with Crippen molar-refractivity contribution in [1.29, 1.82) is 0 Å². The molecule has 0 amide bonds. The lowest BCUT2D eigenvalue weighted by Crippen LogP contribution is -2.18. The molecule has 2 aromatic carbocycles. The van der Waals surface area contributed by atoms with E-state index in [9.17, 15) is 13.5 Å². The summed E-state index contributed by atoms with van der Waals surface area (Å²) in [6.07, 6.45) is 1.22. The van der Waals surface area contributed by atoms with E-state index in [4.69, 9.17) is 5.11 Å². The Labute approximate surface area is 129 Å². The zero-order chi connectivity index (χ0) is 15.5. The van der Waals surface area contributed by atoms with Gasteiger partial charge in [-0.05, 0) is 48.0 Å². The number of phenolic OH excluding ortho intramolecular Hbond substituents is 2. The van der Waals surface area contributed by atoms with E-state index in [0.717, 1.165) is 4.47 Å². The third kappa shape index (κ3) is 3.96. The highest BCUT2D eigenvalue weighted by molar-refractivity contribution is 9.10. The topological polar surface area (TPSA) is 99.0 Å². The van der Waals surface area contributed by atoms with E-state index in [1.54, 1.807) is 12.1 Å². The molecule has 0 atom stereocenters. The van der Waals surface area contributed by atoms with Crippen molar-refractivity contribution in [2.45, 2.75) is 4.90 Å². The van der Waals surface area contributed by atoms with Crippen LogP contribution < -0.4 is 4.83 Å². The van der Waals surface area contributed by atoms with E-state index in [0.29, 0.717) is 5.56 Å². The quantitative estimate of drug-likeness (QED) is 0.436. The number of sulfonamides is 1. The first kappa shape index (κ1) is 15.3. The van der Waals surface area contributed by atoms with Crippen LogP contribution in [0.15, 0.2) is 56.9 Å². The van der Waals surface area contributed by atoms with Crippen LogP contribution in [0.5, 0.6) is 11.5 Å². The minimum absolute atomic E-state index is 0.0800. The van der Waals surface area contributed by atoms with Crippen LogP contribution in [0.3, 0.4) is 0 Å². The lowest BCUT2D eigenvalue weighted by Gasteiger charge is -2.03. The Morgan fingerprint density at radius 2 is 1.71 bits per heavy atom. The summed E-state index contributed by atoms with van der Waals surface area (Å²) in [6.45, 7) is 0. The van der Waals surface area contributed by atoms with E-state index >= 15 is 0 Å². The number of hydrazone groups is 1. The summed E-state index contributed by atoms with van der Waals surface area (Å²) in [5.41, 5.74) is 0.434. The SMILES string of the molecule is O=S(=O)(NN=Cc1ccc(O)c(O)c1)c1ccc(Br)cc1. The number of benzene rings is 2. The average molecular weight is 371 g/mol. The number of aromatic hydroxyl groups is 2. The maximum absolute atomic E-state index is 11.9. The predicted octanol–water partition coefficient (Wildman–Crippen LogP) is 2.17. The molecule has 0 unspecified atom stereocenters. The third-order valence-electron chi connectivity index (χ3n) is 2.51. The molecule has 0 radical (unpaired) electrons. The second kappa shape index (κ2) is 6.15. The van der Waals surface area contributed by atoms with Crippen LogP contribution in [0, 0.1) is 0 Å². The molecule has 8 heteroatoms. The normalized spacial score (nSPS) is 11.7. The van der Waals surface area contributed by atoms with Gasteiger partial charge in [0.05, 0.1) is 11.1 Å². The molecule has 0 aliphatic rings. The second-order valence-corrected chi connectivity index (χ2v) is 6.63. The summed E-state index contributed by atoms with van der Waals surface area (Å²) in [7, 11) is -3.75. The van der Waals surface area contributed by atoms with Gasteiger partial charge in [-0.1, -0.05) is 15.9 Å². The van der Waals surface area contributed by atoms with Crippen molar-refractivity contribution in [2.24, 2.45) is 5.10 Å². The summed E-state index contributed by atoms with van der Waals surface area (Å²) in [5.74, 6) is -0.572. The Morgan fingerprint density at radius 1 is 1.05 bits per heavy atom. The van der Waals surface area contributed by atoms with Crippen LogP contribution in [0.25, 0.3) is 0 Å². The second-order valence-electron chi connectivity index (χ2n) is 4.05. The molecule has 0 spiro atoms. The van der Waals surface area contributed by atoms with Crippen molar-refractivity contribution >= 4 is 32.2 Å². The van der Waals surface area contributed by atoms with E-state index in [1.165, 1.54) is 36.5 Å². The molecular formula is C13H11BrN2O4S. The molecule has 3 N–H and O–H groups in total. The molecule has 0 heterocycles. The molecule has 6 nitrogen and oxygen atoms in total. The number of hydrogen-bond acceptors (Lipinski definition) is 5. The van der Waals surface area contributed by atoms with Gasteiger partial charge in [0.1, 0.15) is 0 Å². The lowest BCUT2D eigenvalue weighted by molar-refractivity contribution is 0.403. The van der Waals surface area contributed by atoms with Gasteiger partial charge in [-0.15, -0.1) is 0 Å². The predicted molar refractivity (Wildman–Crippen MR) is 81.8 cm³/mol. The van der Waals surface area contributed by atoms with Crippen LogP contribution in [-0.2, 0) is 10.0 Å². The third-order valence-corrected chi connectivity index (χ3v) is 4.28. The summed E-state index contributed by atoms with van der Waals surface area (Å²) in [6, 6.07) is 10.1. The summed E-state index contributed by atoms with van der Waals surface area (Å²) in [4.78, 5) is 2.14. The molecule has 2 aromatic rings. The highest BCUT2D eigenvalue weighted by atomic mass is 79.9. The Hall–Kier alpha value is -2.06. The van der Waals surface area contributed by atoms with Gasteiger partial charge in [0.25, 0.3) is 10.0 Å². The van der Waals surface area contributed by atoms with E-state index < -0.39 is 10.0 Å². The first-order valence-electron chi connectivity index (χ1n) is 5.71. The number of nitrogens with one attached hydrogen (secondary N) is 1. The van der Waals surface area contributed by atoms with Crippen LogP contribution in [0.1, 0.15) is 5.56 Å². The average Bonchev–Trinajstić information content (AvgIpc) is 2.43. The number of hydrogen-bond donors (Lipinski definition) is 3. The molecule has 110 valence electrons. The van der Waals surface area contributed by atoms with Crippen LogP contribution in [-0.4, -0.2) is 24.8 Å². The Morgan fingerprint density at radius 3 is 2.33 bits per heavy atom. The van der Waals surface area contributed by atoms with Gasteiger partial charge < -0.3 is 10.2 Å². The van der Waals surface area contributed by atoms with Gasteiger partial charge in [0, 0.05) is 4.47 Å². The van der Waals surface area contributed by atoms with Gasteiger partial charge in [-0.3, -0.25) is 0 Å². The van der Waals surface area contributed by atoms with Gasteiger partial charge >= 0.3 is 0 Å². The fourth-order valence-corrected chi connectivity index (χ4v) is 2.51. The molecule has 0 aliphatic heterocycles. The summed E-state index contributed by atoms with van der Waals surface area (Å²) >= 11 is 3.22. The maximum atomic E-state index is 11.9. The molecule has 0 saturated heterocycles. The molecule has 2 rings (SSSR count). The van der Waals surface area contributed by atoms with E-state index in [2.05, 4.69) is 25.9 Å². The number of nitrogens with zero attached hydrogens (tertiary/aromatic N) is 1. The number of phenols is 2. The molecule has 0 aliphatic carbocycles. The summed E-state index contributed by atoms with van der Waals surface area (Å²) in [5, 5.41) is 22.1. The Kier molecular flexibility index (Phi) is 4.49. The van der Waals surface area contributed by atoms with Crippen molar-refractivity contribution in [2.75, 3.05) is 0 Å². The monoisotopic (exact) mass is 370 g/mol. The smallest absolute Gasteiger partial charge is 0.276 e. The highest BCUT2D eigenvalue weighted by Crippen LogP contribution is 2.24. The molecule has 21 heavy (non-hydrogen) atoms. The minimum atomic E-state index is -3.75. The van der Waals surface area contributed by atoms with Crippen LogP contribution in [0.2, 0.25) is 0 Å². The lowest BCUT2D eigenvalue weighted by atomic mass is 10.2. The van der Waals surface area contributed by atoms with Gasteiger partial charge in [-0.25, -0.2) is 4.83 Å². The fraction of sp³-hybridized carbons (Fsp3) is 0. The van der Waals surface area contributed by atoms with Crippen LogP contribution >= 0.6 is 15.9 Å². The standard InChI is InChI=1S/C13H11BrN2O4S/c14-10-2-4-11(5-3-10)21(19,20)16-15-8-9-1-6-12(17)13(18)7-9/h1-8,16-18H. The Bertz CT molecular complexity index is 773. The number of rotatable bonds is 4. The van der Waals surface area contributed by atoms with E-state index in [1.807, 2.05) is 0 Å². The molecule has 0 fully saturated rings. The zero-order valence-electron chi connectivity index (χ0n) is 10.6. The summed E-state index contributed by atoms with van der Waals surface area (Å²) < 4.78 is 24.6. The van der Waals surface area contributed by atoms with Crippen molar-refractivity contribution in [3.8, 4) is 11.5 Å². The minimum Gasteiger partial charge on any atom is -0.504 e. The molecule has 0 bridgehead atoms. The van der Waals surface area contributed by atoms with Crippen molar-refractivity contribution in [1.82, 2.24) is 4.83 Å². The molecular weight excluding hydrogens is 360 g/mol. The Balaban J connectivity index is 2.12. The highest BCUT2D eigenvalue weighted by Gasteiger charge is 2.11. The maximum Gasteiger partial charge on any atom is 0.276 e. The van der Waals surface area contributed by atoms with Crippen molar-refractivity contribution < 1.29 is 18.6 Å².